The second-order valence-electron chi connectivity index (χ2n) is 3.85. The lowest BCUT2D eigenvalue weighted by Gasteiger charge is -2.09. The molecule has 2 aromatic rings. The molecule has 0 atom stereocenters. The van der Waals surface area contributed by atoms with E-state index in [0.717, 1.165) is 0 Å². The molecule has 0 saturated carbocycles. The van der Waals surface area contributed by atoms with Gasteiger partial charge in [-0.1, -0.05) is 15.9 Å². The number of anilines is 2. The van der Waals surface area contributed by atoms with Crippen LogP contribution in [0.3, 0.4) is 0 Å². The minimum Gasteiger partial charge on any atom is -0.507 e. The van der Waals surface area contributed by atoms with Gasteiger partial charge in [-0.25, -0.2) is 0 Å². The third kappa shape index (κ3) is 3.27. The van der Waals surface area contributed by atoms with Crippen molar-refractivity contribution in [2.24, 2.45) is 0 Å². The predicted molar refractivity (Wildman–Crippen MR) is 82.3 cm³/mol. The van der Waals surface area contributed by atoms with Crippen LogP contribution in [0.25, 0.3) is 0 Å². The molecule has 0 aromatic heterocycles. The standard InChI is InChI=1S/C13H10Br2N2O2/c14-7-1-3-9(12(18)5-7)13(19)17-11-6-8(16)2-4-10(11)15/h1-6,18H,16H2,(H,17,19). The van der Waals surface area contributed by atoms with Gasteiger partial charge < -0.3 is 16.2 Å². The predicted octanol–water partition coefficient (Wildman–Crippen LogP) is 3.75. The van der Waals surface area contributed by atoms with Crippen LogP contribution in [0, 0.1) is 0 Å². The molecule has 0 aliphatic carbocycles. The highest BCUT2D eigenvalue weighted by atomic mass is 79.9. The number of nitrogens with two attached hydrogens (primary N) is 1. The van der Waals surface area contributed by atoms with E-state index in [1.54, 1.807) is 24.3 Å². The molecular formula is C13H10Br2N2O2. The monoisotopic (exact) mass is 384 g/mol. The molecule has 0 radical (unpaired) electrons. The average molecular weight is 386 g/mol. The summed E-state index contributed by atoms with van der Waals surface area (Å²) in [5.74, 6) is -0.497. The molecule has 0 fully saturated rings. The van der Waals surface area contributed by atoms with Gasteiger partial charge in [0.15, 0.2) is 0 Å². The highest BCUT2D eigenvalue weighted by Crippen LogP contribution is 2.27. The Morgan fingerprint density at radius 1 is 1.16 bits per heavy atom. The van der Waals surface area contributed by atoms with Crippen molar-refractivity contribution in [2.75, 3.05) is 11.1 Å². The van der Waals surface area contributed by atoms with Gasteiger partial charge in [-0.2, -0.15) is 0 Å². The van der Waals surface area contributed by atoms with E-state index in [-0.39, 0.29) is 11.3 Å². The highest BCUT2D eigenvalue weighted by Gasteiger charge is 2.13. The fourth-order valence-electron chi connectivity index (χ4n) is 1.53. The zero-order chi connectivity index (χ0) is 14.0. The van der Waals surface area contributed by atoms with Crippen LogP contribution < -0.4 is 11.1 Å². The van der Waals surface area contributed by atoms with E-state index in [0.29, 0.717) is 20.3 Å². The van der Waals surface area contributed by atoms with Gasteiger partial charge in [0.2, 0.25) is 0 Å². The molecule has 4 N–H and O–H groups in total. The molecule has 2 rings (SSSR count). The second kappa shape index (κ2) is 5.63. The number of aromatic hydroxyl groups is 1. The average Bonchev–Trinajstić information content (AvgIpc) is 2.33. The third-order valence-corrected chi connectivity index (χ3v) is 3.63. The van der Waals surface area contributed by atoms with Crippen LogP contribution in [0.15, 0.2) is 45.3 Å². The maximum atomic E-state index is 12.1. The first-order valence-corrected chi connectivity index (χ1v) is 6.91. The Kier molecular flexibility index (Phi) is 4.11. The molecule has 6 heteroatoms. The van der Waals surface area contributed by atoms with E-state index < -0.39 is 5.91 Å². The minimum atomic E-state index is -0.406. The molecule has 0 saturated heterocycles. The van der Waals surface area contributed by atoms with Crippen LogP contribution in [0.2, 0.25) is 0 Å². The van der Waals surface area contributed by atoms with E-state index in [4.69, 9.17) is 5.73 Å². The summed E-state index contributed by atoms with van der Waals surface area (Å²) in [6, 6.07) is 9.78. The number of amides is 1. The molecule has 0 heterocycles. The number of halogens is 2. The summed E-state index contributed by atoms with van der Waals surface area (Å²) in [4.78, 5) is 12.1. The maximum absolute atomic E-state index is 12.1. The normalized spacial score (nSPS) is 10.2. The quantitative estimate of drug-likeness (QED) is 0.689. The number of phenols is 1. The topological polar surface area (TPSA) is 75.3 Å². The molecule has 4 nitrogen and oxygen atoms in total. The van der Waals surface area contributed by atoms with E-state index >= 15 is 0 Å². The Balaban J connectivity index is 2.28. The number of phenolic OH excluding ortho intramolecular Hbond substituents is 1. The molecule has 1 amide bonds. The number of nitrogens with one attached hydrogen (secondary N) is 1. The van der Waals surface area contributed by atoms with E-state index in [9.17, 15) is 9.90 Å². The number of nitrogen functional groups attached to an aromatic ring is 1. The lowest BCUT2D eigenvalue weighted by atomic mass is 10.2. The molecule has 98 valence electrons. The van der Waals surface area contributed by atoms with Crippen LogP contribution in [-0.4, -0.2) is 11.0 Å². The van der Waals surface area contributed by atoms with Crippen LogP contribution in [0.1, 0.15) is 10.4 Å². The van der Waals surface area contributed by atoms with E-state index in [1.807, 2.05) is 0 Å². The lowest BCUT2D eigenvalue weighted by Crippen LogP contribution is -2.12. The number of carbonyl (C=O) groups excluding carboxylic acids is 1. The van der Waals surface area contributed by atoms with Crippen molar-refractivity contribution in [3.05, 3.63) is 50.9 Å². The van der Waals surface area contributed by atoms with Gasteiger partial charge in [-0.15, -0.1) is 0 Å². The van der Waals surface area contributed by atoms with Gasteiger partial charge in [0.05, 0.1) is 11.3 Å². The van der Waals surface area contributed by atoms with Gasteiger partial charge in [-0.05, 0) is 52.3 Å². The molecule has 2 aromatic carbocycles. The van der Waals surface area contributed by atoms with Crippen molar-refractivity contribution in [3.8, 4) is 5.75 Å². The SMILES string of the molecule is Nc1ccc(Br)c(NC(=O)c2ccc(Br)cc2O)c1. The summed E-state index contributed by atoms with van der Waals surface area (Å²) < 4.78 is 1.42. The summed E-state index contributed by atoms with van der Waals surface area (Å²) in [6.45, 7) is 0. The lowest BCUT2D eigenvalue weighted by molar-refractivity contribution is 0.102. The number of rotatable bonds is 2. The molecule has 19 heavy (non-hydrogen) atoms. The summed E-state index contributed by atoms with van der Waals surface area (Å²) in [5, 5.41) is 12.4. The summed E-state index contributed by atoms with van der Waals surface area (Å²) in [5.41, 5.74) is 6.94. The number of carbonyl (C=O) groups is 1. The smallest absolute Gasteiger partial charge is 0.259 e. The van der Waals surface area contributed by atoms with Crippen molar-refractivity contribution in [1.29, 1.82) is 0 Å². The number of hydrogen-bond acceptors (Lipinski definition) is 3. The van der Waals surface area contributed by atoms with E-state index in [1.165, 1.54) is 12.1 Å². The van der Waals surface area contributed by atoms with Gasteiger partial charge in [0, 0.05) is 14.6 Å². The summed E-state index contributed by atoms with van der Waals surface area (Å²) in [6.07, 6.45) is 0. The van der Waals surface area contributed by atoms with Crippen LogP contribution >= 0.6 is 31.9 Å². The van der Waals surface area contributed by atoms with E-state index in [2.05, 4.69) is 37.2 Å². The molecular weight excluding hydrogens is 376 g/mol. The zero-order valence-corrected chi connectivity index (χ0v) is 12.8. The Hall–Kier alpha value is -1.53. The minimum absolute atomic E-state index is 0.0908. The van der Waals surface area contributed by atoms with Gasteiger partial charge in [0.25, 0.3) is 5.91 Å². The molecule has 0 aliphatic heterocycles. The first-order valence-electron chi connectivity index (χ1n) is 5.32. The zero-order valence-electron chi connectivity index (χ0n) is 9.65. The van der Waals surface area contributed by atoms with Crippen LogP contribution in [-0.2, 0) is 0 Å². The van der Waals surface area contributed by atoms with Gasteiger partial charge in [-0.3, -0.25) is 4.79 Å². The third-order valence-electron chi connectivity index (χ3n) is 2.44. The fourth-order valence-corrected chi connectivity index (χ4v) is 2.22. The Labute approximate surface area is 126 Å². The molecule has 0 unspecified atom stereocenters. The fraction of sp³-hybridized carbons (Fsp3) is 0. The second-order valence-corrected chi connectivity index (χ2v) is 5.62. The van der Waals surface area contributed by atoms with Crippen LogP contribution in [0.5, 0.6) is 5.75 Å². The summed E-state index contributed by atoms with van der Waals surface area (Å²) >= 11 is 6.54. The van der Waals surface area contributed by atoms with Crippen molar-refractivity contribution in [2.45, 2.75) is 0 Å². The van der Waals surface area contributed by atoms with Crippen molar-refractivity contribution in [3.63, 3.8) is 0 Å². The number of benzene rings is 2. The first kappa shape index (κ1) is 13.9. The maximum Gasteiger partial charge on any atom is 0.259 e. The molecule has 0 aliphatic rings. The van der Waals surface area contributed by atoms with Crippen molar-refractivity contribution < 1.29 is 9.90 Å². The highest BCUT2D eigenvalue weighted by molar-refractivity contribution is 9.10. The summed E-state index contributed by atoms with van der Waals surface area (Å²) in [7, 11) is 0. The Morgan fingerprint density at radius 3 is 2.58 bits per heavy atom. The molecule has 0 bridgehead atoms. The van der Waals surface area contributed by atoms with Crippen LogP contribution in [0.4, 0.5) is 11.4 Å². The van der Waals surface area contributed by atoms with Crippen molar-refractivity contribution in [1.82, 2.24) is 0 Å². The first-order chi connectivity index (χ1) is 8.97. The largest absolute Gasteiger partial charge is 0.507 e. The Morgan fingerprint density at radius 2 is 1.89 bits per heavy atom. The van der Waals surface area contributed by atoms with Gasteiger partial charge >= 0.3 is 0 Å². The molecule has 0 spiro atoms. The Bertz CT molecular complexity index is 645. The number of hydrogen-bond donors (Lipinski definition) is 3. The van der Waals surface area contributed by atoms with Gasteiger partial charge in [0.1, 0.15) is 5.75 Å². The van der Waals surface area contributed by atoms with Crippen molar-refractivity contribution >= 4 is 49.1 Å².